The lowest BCUT2D eigenvalue weighted by atomic mass is 10.2. The van der Waals surface area contributed by atoms with Gasteiger partial charge in [-0.2, -0.15) is 4.31 Å². The number of likely N-dealkylation sites (N-methyl/N-ethyl adjacent to an activating group) is 1. The van der Waals surface area contributed by atoms with E-state index in [0.29, 0.717) is 6.54 Å². The van der Waals surface area contributed by atoms with E-state index in [9.17, 15) is 21.6 Å². The minimum Gasteiger partial charge on any atom is -0.404 e. The molecule has 2 rings (SSSR count). The van der Waals surface area contributed by atoms with Crippen LogP contribution in [-0.2, 0) is 16.6 Å². The van der Waals surface area contributed by atoms with E-state index in [4.69, 9.17) is 0 Å². The van der Waals surface area contributed by atoms with Crippen molar-refractivity contribution in [3.8, 4) is 5.75 Å². The van der Waals surface area contributed by atoms with Crippen molar-refractivity contribution in [1.29, 1.82) is 0 Å². The van der Waals surface area contributed by atoms with Crippen molar-refractivity contribution in [1.82, 2.24) is 9.21 Å². The molecule has 0 amide bonds. The highest BCUT2D eigenvalue weighted by Gasteiger charge is 2.36. The fourth-order valence-electron chi connectivity index (χ4n) is 2.42. The van der Waals surface area contributed by atoms with Gasteiger partial charge in [0, 0.05) is 24.1 Å². The molecule has 28 heavy (non-hydrogen) atoms. The van der Waals surface area contributed by atoms with Crippen LogP contribution >= 0.6 is 15.9 Å². The number of hydrogen-bond acceptors (Lipinski definition) is 4. The minimum absolute atomic E-state index is 0.0263. The van der Waals surface area contributed by atoms with E-state index in [1.165, 1.54) is 6.07 Å². The zero-order chi connectivity index (χ0) is 20.9. The van der Waals surface area contributed by atoms with Gasteiger partial charge < -0.3 is 9.64 Å². The van der Waals surface area contributed by atoms with E-state index in [0.717, 1.165) is 22.0 Å². The quantitative estimate of drug-likeness (QED) is 0.570. The van der Waals surface area contributed by atoms with Crippen LogP contribution in [0.1, 0.15) is 5.56 Å². The van der Waals surface area contributed by atoms with Crippen molar-refractivity contribution in [3.63, 3.8) is 0 Å². The highest BCUT2D eigenvalue weighted by Crippen LogP contribution is 2.34. The van der Waals surface area contributed by atoms with Crippen LogP contribution in [0.15, 0.2) is 57.9 Å². The van der Waals surface area contributed by atoms with Crippen LogP contribution in [0.25, 0.3) is 0 Å². The first-order valence-electron chi connectivity index (χ1n) is 8.23. The molecule has 10 heteroatoms. The van der Waals surface area contributed by atoms with E-state index in [1.54, 1.807) is 49.3 Å². The Hall–Kier alpha value is -1.62. The summed E-state index contributed by atoms with van der Waals surface area (Å²) in [4.78, 5) is 1.25. The molecule has 0 saturated carbocycles. The van der Waals surface area contributed by atoms with Crippen molar-refractivity contribution in [2.24, 2.45) is 0 Å². The average molecular weight is 481 g/mol. The first-order chi connectivity index (χ1) is 13.0. The van der Waals surface area contributed by atoms with Crippen LogP contribution in [0.3, 0.4) is 0 Å². The second-order valence-corrected chi connectivity index (χ2v) is 9.09. The Morgan fingerprint density at radius 1 is 1.04 bits per heavy atom. The fourth-order valence-corrected chi connectivity index (χ4v) is 4.28. The first-order valence-corrected chi connectivity index (χ1v) is 10.5. The van der Waals surface area contributed by atoms with Gasteiger partial charge in [0.2, 0.25) is 10.0 Å². The number of hydrogen-bond donors (Lipinski definition) is 0. The Bertz CT molecular complexity index is 891. The van der Waals surface area contributed by atoms with Gasteiger partial charge in [0.15, 0.2) is 5.75 Å². The van der Waals surface area contributed by atoms with E-state index >= 15 is 0 Å². The smallest absolute Gasteiger partial charge is 0.404 e. The summed E-state index contributed by atoms with van der Waals surface area (Å²) in [6.07, 6.45) is -5.01. The molecule has 0 saturated heterocycles. The minimum atomic E-state index is -5.01. The van der Waals surface area contributed by atoms with Crippen LogP contribution in [0.5, 0.6) is 5.75 Å². The summed E-state index contributed by atoms with van der Waals surface area (Å²) in [7, 11) is -0.688. The molecule has 5 nitrogen and oxygen atoms in total. The number of sulfonamides is 1. The lowest BCUT2D eigenvalue weighted by Gasteiger charge is -2.25. The molecule has 0 fully saturated rings. The topological polar surface area (TPSA) is 49.9 Å². The SMILES string of the molecule is CN(C)CCN(Cc1ccccc1)S(=O)(=O)c1ccc(Br)cc1OC(F)(F)F. The maximum atomic E-state index is 13.2. The third-order valence-electron chi connectivity index (χ3n) is 3.75. The highest BCUT2D eigenvalue weighted by molar-refractivity contribution is 9.10. The zero-order valence-electron chi connectivity index (χ0n) is 15.3. The third-order valence-corrected chi connectivity index (χ3v) is 6.13. The molecule has 0 unspecified atom stereocenters. The van der Waals surface area contributed by atoms with Gasteiger partial charge >= 0.3 is 6.36 Å². The van der Waals surface area contributed by atoms with Crippen molar-refractivity contribution in [3.05, 3.63) is 58.6 Å². The molecule has 0 bridgehead atoms. The summed E-state index contributed by atoms with van der Waals surface area (Å²) in [6.45, 7) is 0.530. The largest absolute Gasteiger partial charge is 0.573 e. The van der Waals surface area contributed by atoms with Crippen molar-refractivity contribution in [2.45, 2.75) is 17.8 Å². The monoisotopic (exact) mass is 480 g/mol. The van der Waals surface area contributed by atoms with Gasteiger partial charge in [0.1, 0.15) is 4.90 Å². The summed E-state index contributed by atoms with van der Waals surface area (Å²) >= 11 is 3.05. The molecule has 0 heterocycles. The van der Waals surface area contributed by atoms with Crippen molar-refractivity contribution in [2.75, 3.05) is 27.2 Å². The summed E-state index contributed by atoms with van der Waals surface area (Å²) < 4.78 is 70.2. The van der Waals surface area contributed by atoms with E-state index in [2.05, 4.69) is 20.7 Å². The molecule has 0 N–H and O–H groups in total. The van der Waals surface area contributed by atoms with Crippen LogP contribution in [-0.4, -0.2) is 51.2 Å². The molecule has 0 aliphatic rings. The standard InChI is InChI=1S/C18H20BrF3N2O3S/c1-23(2)10-11-24(13-14-6-4-3-5-7-14)28(25,26)17-9-8-15(19)12-16(17)27-18(20,21)22/h3-9,12H,10-11,13H2,1-2H3. The maximum absolute atomic E-state index is 13.2. The Morgan fingerprint density at radius 2 is 1.68 bits per heavy atom. The molecule has 154 valence electrons. The van der Waals surface area contributed by atoms with Gasteiger partial charge in [-0.05, 0) is 37.9 Å². The third kappa shape index (κ3) is 6.47. The lowest BCUT2D eigenvalue weighted by molar-refractivity contribution is -0.275. The second-order valence-electron chi connectivity index (χ2n) is 6.27. The summed E-state index contributed by atoms with van der Waals surface area (Å²) in [6, 6.07) is 12.3. The molecule has 0 atom stereocenters. The Kier molecular flexibility index (Phi) is 7.49. The van der Waals surface area contributed by atoms with Crippen LogP contribution in [0.2, 0.25) is 0 Å². The van der Waals surface area contributed by atoms with Gasteiger partial charge in [-0.15, -0.1) is 13.2 Å². The van der Waals surface area contributed by atoms with Crippen molar-refractivity contribution < 1.29 is 26.3 Å². The number of ether oxygens (including phenoxy) is 1. The maximum Gasteiger partial charge on any atom is 0.573 e. The highest BCUT2D eigenvalue weighted by atomic mass is 79.9. The van der Waals surface area contributed by atoms with Gasteiger partial charge in [0.25, 0.3) is 0 Å². The van der Waals surface area contributed by atoms with E-state index in [-0.39, 0.29) is 17.6 Å². The Morgan fingerprint density at radius 3 is 2.25 bits per heavy atom. The van der Waals surface area contributed by atoms with Crippen LogP contribution in [0, 0.1) is 0 Å². The fraction of sp³-hybridized carbons (Fsp3) is 0.333. The molecule has 2 aromatic carbocycles. The number of halogens is 4. The predicted molar refractivity (Wildman–Crippen MR) is 103 cm³/mol. The predicted octanol–water partition coefficient (Wildman–Crippen LogP) is 4.10. The van der Waals surface area contributed by atoms with E-state index in [1.807, 2.05) is 0 Å². The lowest BCUT2D eigenvalue weighted by Crippen LogP contribution is -2.36. The molecule has 0 radical (unpaired) electrons. The van der Waals surface area contributed by atoms with Crippen LogP contribution < -0.4 is 4.74 Å². The molecular formula is C18H20BrF3N2O3S. The molecular weight excluding hydrogens is 461 g/mol. The van der Waals surface area contributed by atoms with Gasteiger partial charge in [0.05, 0.1) is 0 Å². The summed E-state index contributed by atoms with van der Waals surface area (Å²) in [5.74, 6) is -0.773. The first kappa shape index (κ1) is 22.7. The Labute approximate surface area is 170 Å². The summed E-state index contributed by atoms with van der Waals surface area (Å²) in [5, 5.41) is 0. The Balaban J connectivity index is 2.46. The van der Waals surface area contributed by atoms with Gasteiger partial charge in [-0.3, -0.25) is 0 Å². The van der Waals surface area contributed by atoms with Crippen LogP contribution in [0.4, 0.5) is 13.2 Å². The molecule has 0 aromatic heterocycles. The molecule has 0 aliphatic carbocycles. The summed E-state index contributed by atoms with van der Waals surface area (Å²) in [5.41, 5.74) is 0.722. The molecule has 0 spiro atoms. The van der Waals surface area contributed by atoms with Gasteiger partial charge in [-0.1, -0.05) is 46.3 Å². The zero-order valence-corrected chi connectivity index (χ0v) is 17.7. The van der Waals surface area contributed by atoms with E-state index < -0.39 is 27.0 Å². The molecule has 2 aromatic rings. The second kappa shape index (κ2) is 9.25. The number of nitrogens with zero attached hydrogens (tertiary/aromatic N) is 2. The van der Waals surface area contributed by atoms with Gasteiger partial charge in [-0.25, -0.2) is 8.42 Å². The molecule has 0 aliphatic heterocycles. The number of alkyl halides is 3. The van der Waals surface area contributed by atoms with Crippen molar-refractivity contribution >= 4 is 26.0 Å². The number of rotatable bonds is 8. The average Bonchev–Trinajstić information content (AvgIpc) is 2.57. The normalized spacial score (nSPS) is 12.6. The number of benzene rings is 2.